The highest BCUT2D eigenvalue weighted by Crippen LogP contribution is 2.61. The van der Waals surface area contributed by atoms with E-state index >= 15 is 0 Å². The number of aryl methyl sites for hydroxylation is 1. The Labute approximate surface area is 413 Å². The number of rotatable bonds is 10. The van der Waals surface area contributed by atoms with Gasteiger partial charge in [-0.25, -0.2) is 0 Å². The molecule has 0 N–H and O–H groups in total. The summed E-state index contributed by atoms with van der Waals surface area (Å²) in [5.41, 5.74) is 21.9. The number of hydrogen-bond acceptors (Lipinski definition) is 3. The summed E-state index contributed by atoms with van der Waals surface area (Å²) in [7, 11) is 0. The molecule has 3 nitrogen and oxygen atoms in total. The van der Waals surface area contributed by atoms with Crippen molar-refractivity contribution in [2.24, 2.45) is 5.92 Å². The van der Waals surface area contributed by atoms with Crippen LogP contribution in [0.5, 0.6) is 0 Å². The number of anilines is 4. The van der Waals surface area contributed by atoms with Gasteiger partial charge >= 0.3 is 0 Å². The molecule has 2 unspecified atom stereocenters. The molecule has 6 aliphatic rings. The normalized spacial score (nSPS) is 20.9. The lowest BCUT2D eigenvalue weighted by molar-refractivity contribution is 0.335. The van der Waals surface area contributed by atoms with Crippen molar-refractivity contribution in [3.8, 4) is 0 Å². The Kier molecular flexibility index (Phi) is 11.9. The Morgan fingerprint density at radius 1 is 0.761 bits per heavy atom. The average molecular weight is 990 g/mol. The fourth-order valence-electron chi connectivity index (χ4n) is 12.8. The van der Waals surface area contributed by atoms with Crippen LogP contribution in [0.4, 0.5) is 22.7 Å². The van der Waals surface area contributed by atoms with Gasteiger partial charge in [0.05, 0.1) is 17.1 Å². The zero-order chi connectivity index (χ0) is 45.7. The first kappa shape index (κ1) is 43.9. The number of hydrogen-bond donors (Lipinski definition) is 0. The molecule has 0 bridgehead atoms. The van der Waals surface area contributed by atoms with Crippen molar-refractivity contribution in [3.63, 3.8) is 0 Å². The van der Waals surface area contributed by atoms with Gasteiger partial charge in [-0.1, -0.05) is 171 Å². The second kappa shape index (κ2) is 18.1. The summed E-state index contributed by atoms with van der Waals surface area (Å²) in [5.74, 6) is 0.825. The van der Waals surface area contributed by atoms with Gasteiger partial charge in [-0.05, 0) is 158 Å². The molecule has 338 valence electrons. The molecule has 0 saturated heterocycles. The molecular weight excluding hydrogens is 926 g/mol. The van der Waals surface area contributed by atoms with Gasteiger partial charge in [-0.3, -0.25) is 0 Å². The van der Waals surface area contributed by atoms with E-state index in [4.69, 9.17) is 0 Å². The number of alkyl halides is 1. The molecule has 0 radical (unpaired) electrons. The number of benzene rings is 5. The topological polar surface area (TPSA) is 9.72 Å². The number of para-hydroxylation sites is 3. The van der Waals surface area contributed by atoms with Crippen LogP contribution in [0, 0.1) is 12.8 Å². The highest BCUT2D eigenvalue weighted by molar-refractivity contribution is 14.1. The second-order valence-electron chi connectivity index (χ2n) is 20.3. The van der Waals surface area contributed by atoms with E-state index in [1.165, 1.54) is 117 Å². The van der Waals surface area contributed by atoms with E-state index in [1.54, 1.807) is 11.1 Å². The van der Waals surface area contributed by atoms with Crippen molar-refractivity contribution in [1.82, 2.24) is 0 Å². The molecule has 4 heteroatoms. The van der Waals surface area contributed by atoms with Crippen LogP contribution < -0.4 is 14.7 Å². The predicted molar refractivity (Wildman–Crippen MR) is 294 cm³/mol. The third-order valence-corrected chi connectivity index (χ3v) is 16.9. The van der Waals surface area contributed by atoms with Crippen molar-refractivity contribution in [1.29, 1.82) is 0 Å². The molecule has 5 aromatic carbocycles. The van der Waals surface area contributed by atoms with Gasteiger partial charge in [0.15, 0.2) is 0 Å². The maximum atomic E-state index is 2.69. The minimum absolute atomic E-state index is 0.149. The molecule has 2 aliphatic heterocycles. The van der Waals surface area contributed by atoms with Crippen molar-refractivity contribution < 1.29 is 0 Å². The third kappa shape index (κ3) is 7.72. The summed E-state index contributed by atoms with van der Waals surface area (Å²) in [6.45, 7) is 10.3. The molecule has 0 aromatic heterocycles. The molecule has 2 heterocycles. The van der Waals surface area contributed by atoms with Gasteiger partial charge in [0.25, 0.3) is 0 Å². The van der Waals surface area contributed by atoms with E-state index < -0.39 is 0 Å². The van der Waals surface area contributed by atoms with E-state index in [2.05, 4.69) is 235 Å². The largest absolute Gasteiger partial charge is 0.344 e. The van der Waals surface area contributed by atoms with Crippen LogP contribution in [0.1, 0.15) is 123 Å². The number of nitrogens with zero attached hydrogens (tertiary/aromatic N) is 3. The van der Waals surface area contributed by atoms with Crippen LogP contribution in [0.25, 0.3) is 12.2 Å². The molecule has 11 rings (SSSR count). The molecule has 4 aliphatic carbocycles. The first-order valence-corrected chi connectivity index (χ1v) is 26.6. The Bertz CT molecular complexity index is 2930. The Morgan fingerprint density at radius 3 is 2.30 bits per heavy atom. The van der Waals surface area contributed by atoms with Crippen molar-refractivity contribution in [2.45, 2.75) is 102 Å². The van der Waals surface area contributed by atoms with Crippen LogP contribution in [0.2, 0.25) is 0 Å². The molecule has 1 spiro atoms. The fraction of sp³-hybridized carbons (Fsp3) is 0.302. The van der Waals surface area contributed by atoms with E-state index in [0.717, 1.165) is 30.2 Å². The van der Waals surface area contributed by atoms with Gasteiger partial charge < -0.3 is 14.7 Å². The smallest absolute Gasteiger partial charge is 0.0702 e. The number of fused-ring (bicyclic) bond motifs is 6. The zero-order valence-corrected chi connectivity index (χ0v) is 42.0. The fourth-order valence-corrected chi connectivity index (χ4v) is 13.8. The van der Waals surface area contributed by atoms with Crippen LogP contribution in [0.15, 0.2) is 186 Å². The van der Waals surface area contributed by atoms with E-state index in [-0.39, 0.29) is 10.8 Å². The summed E-state index contributed by atoms with van der Waals surface area (Å²) in [6.07, 6.45) is 32.3. The first-order valence-electron chi connectivity index (χ1n) is 25.0. The van der Waals surface area contributed by atoms with Gasteiger partial charge in [0, 0.05) is 56.2 Å². The van der Waals surface area contributed by atoms with Crippen LogP contribution >= 0.6 is 22.6 Å². The van der Waals surface area contributed by atoms with Crippen molar-refractivity contribution >= 4 is 57.5 Å². The lowest BCUT2D eigenvalue weighted by Gasteiger charge is -2.44. The molecule has 1 saturated carbocycles. The number of allylic oxidation sites excluding steroid dienone is 10. The van der Waals surface area contributed by atoms with Crippen LogP contribution in [0.3, 0.4) is 0 Å². The standard InChI is InChI=1S/C63H64IN3/c1-5-6-18-47-19-17-38-65(61(47)43-64)50-23-16-20-48(41-50)62(3,4)54-39-45(29-28-44(54)2)30-31-46-32-34-52-53-35-33-51(42-56(53)63(55(52)40-46)36-14-15-37-63)67-59-26-12-10-24-57(59)66(49-21-8-7-9-22-49)58-25-11-13-27-60(58)67/h5-10,12-13,16,20-24,26-35,39-42,53,56H,11,14-15,17-19,25,36-38,43H2,1-4H3/b6-5-,31-30+. The molecule has 2 atom stereocenters. The Hall–Kier alpha value is -5.59. The predicted octanol–water partition coefficient (Wildman–Crippen LogP) is 16.9. The van der Waals surface area contributed by atoms with Gasteiger partial charge in [-0.2, -0.15) is 0 Å². The van der Waals surface area contributed by atoms with Gasteiger partial charge in [-0.15, -0.1) is 0 Å². The number of halogens is 1. The van der Waals surface area contributed by atoms with Gasteiger partial charge in [0.2, 0.25) is 0 Å². The maximum Gasteiger partial charge on any atom is 0.0702 e. The quantitative estimate of drug-likeness (QED) is 0.0597. The monoisotopic (exact) mass is 989 g/mol. The lowest BCUT2D eigenvalue weighted by Crippen LogP contribution is -2.36. The summed E-state index contributed by atoms with van der Waals surface area (Å²) >= 11 is 2.57. The highest BCUT2D eigenvalue weighted by Gasteiger charge is 2.52. The van der Waals surface area contributed by atoms with Crippen molar-refractivity contribution in [2.75, 3.05) is 25.7 Å². The molecule has 0 amide bonds. The Balaban J connectivity index is 0.890. The van der Waals surface area contributed by atoms with E-state index in [1.807, 2.05) is 0 Å². The summed E-state index contributed by atoms with van der Waals surface area (Å²) in [6, 6.07) is 43.9. The summed E-state index contributed by atoms with van der Waals surface area (Å²) in [4.78, 5) is 7.69. The molecule has 1 fully saturated rings. The maximum absolute atomic E-state index is 2.69. The zero-order valence-electron chi connectivity index (χ0n) is 39.8. The van der Waals surface area contributed by atoms with E-state index in [0.29, 0.717) is 11.8 Å². The van der Waals surface area contributed by atoms with Gasteiger partial charge in [0.1, 0.15) is 0 Å². The highest BCUT2D eigenvalue weighted by atomic mass is 127. The van der Waals surface area contributed by atoms with Crippen molar-refractivity contribution in [3.05, 3.63) is 225 Å². The average Bonchev–Trinajstić information content (AvgIpc) is 3.97. The molecule has 5 aromatic rings. The Morgan fingerprint density at radius 2 is 1.51 bits per heavy atom. The first-order chi connectivity index (χ1) is 32.8. The minimum Gasteiger partial charge on any atom is -0.344 e. The summed E-state index contributed by atoms with van der Waals surface area (Å²) < 4.78 is 1.04. The van der Waals surface area contributed by atoms with E-state index in [9.17, 15) is 0 Å². The lowest BCUT2D eigenvalue weighted by atomic mass is 9.69. The summed E-state index contributed by atoms with van der Waals surface area (Å²) in [5, 5.41) is 0. The minimum atomic E-state index is -0.163. The second-order valence-corrected chi connectivity index (χ2v) is 21.0. The third-order valence-electron chi connectivity index (χ3n) is 16.2. The molecule has 67 heavy (non-hydrogen) atoms. The SMILES string of the molecule is C/C=C\CC1=C(CI)N(c2cccc(C(C)(C)c3cc(/C=C/c4ccc5c(c4)C4(CCCC4)C4C=C(N6C7=C(CCC=C7)N(c7ccccc7)c7ccccc76)C=CC54)ccc3C)c2)CCC1. The van der Waals surface area contributed by atoms with Crippen LogP contribution in [-0.4, -0.2) is 11.0 Å². The molecular formula is C63H64IN3. The van der Waals surface area contributed by atoms with Crippen LogP contribution in [-0.2, 0) is 10.8 Å².